The van der Waals surface area contributed by atoms with Crippen LogP contribution in [-0.2, 0) is 0 Å². The lowest BCUT2D eigenvalue weighted by Gasteiger charge is -2.18. The SMILES string of the molecule is Cc1cccc(NC[C@@H]2CC=CCC2)c1. The van der Waals surface area contributed by atoms with E-state index in [1.54, 1.807) is 0 Å². The van der Waals surface area contributed by atoms with E-state index in [4.69, 9.17) is 0 Å². The van der Waals surface area contributed by atoms with Crippen molar-refractivity contribution in [3.8, 4) is 0 Å². The summed E-state index contributed by atoms with van der Waals surface area (Å²) in [5.41, 5.74) is 2.58. The van der Waals surface area contributed by atoms with Crippen molar-refractivity contribution in [3.05, 3.63) is 42.0 Å². The molecule has 0 fully saturated rings. The van der Waals surface area contributed by atoms with Gasteiger partial charge in [-0.2, -0.15) is 0 Å². The molecule has 1 N–H and O–H groups in total. The lowest BCUT2D eigenvalue weighted by Crippen LogP contribution is -2.15. The molecule has 1 aromatic carbocycles. The van der Waals surface area contributed by atoms with Gasteiger partial charge in [-0.25, -0.2) is 0 Å². The number of allylic oxidation sites excluding steroid dienone is 2. The molecule has 1 nitrogen and oxygen atoms in total. The average Bonchev–Trinajstić information content (AvgIpc) is 2.28. The molecule has 0 saturated carbocycles. The van der Waals surface area contributed by atoms with E-state index < -0.39 is 0 Å². The third-order valence-corrected chi connectivity index (χ3v) is 2.99. The topological polar surface area (TPSA) is 12.0 Å². The minimum absolute atomic E-state index is 0.815. The molecule has 1 aliphatic carbocycles. The predicted molar refractivity (Wildman–Crippen MR) is 66.1 cm³/mol. The lowest BCUT2D eigenvalue weighted by atomic mass is 9.94. The summed E-state index contributed by atoms with van der Waals surface area (Å²) in [6, 6.07) is 8.59. The molecule has 80 valence electrons. The second kappa shape index (κ2) is 5.01. The molecule has 1 heteroatoms. The number of hydrogen-bond acceptors (Lipinski definition) is 1. The highest BCUT2D eigenvalue weighted by atomic mass is 14.9. The molecule has 0 saturated heterocycles. The highest BCUT2D eigenvalue weighted by Gasteiger charge is 2.08. The first-order chi connectivity index (χ1) is 7.34. The Kier molecular flexibility index (Phi) is 3.44. The van der Waals surface area contributed by atoms with Gasteiger partial charge in [0.2, 0.25) is 0 Å². The van der Waals surface area contributed by atoms with Gasteiger partial charge in [-0.1, -0.05) is 24.3 Å². The third kappa shape index (κ3) is 3.12. The first-order valence-electron chi connectivity index (χ1n) is 5.80. The molecule has 0 heterocycles. The Balaban J connectivity index is 1.84. The van der Waals surface area contributed by atoms with Crippen LogP contribution in [0.2, 0.25) is 0 Å². The summed E-state index contributed by atoms with van der Waals surface area (Å²) < 4.78 is 0. The van der Waals surface area contributed by atoms with E-state index in [-0.39, 0.29) is 0 Å². The zero-order valence-corrected chi connectivity index (χ0v) is 9.37. The maximum atomic E-state index is 3.52. The van der Waals surface area contributed by atoms with Gasteiger partial charge in [0.25, 0.3) is 0 Å². The largest absolute Gasteiger partial charge is 0.385 e. The van der Waals surface area contributed by atoms with Gasteiger partial charge < -0.3 is 5.32 Å². The normalized spacial score (nSPS) is 20.2. The quantitative estimate of drug-likeness (QED) is 0.734. The van der Waals surface area contributed by atoms with Crippen LogP contribution < -0.4 is 5.32 Å². The first-order valence-corrected chi connectivity index (χ1v) is 5.80. The van der Waals surface area contributed by atoms with E-state index >= 15 is 0 Å². The molecule has 0 bridgehead atoms. The van der Waals surface area contributed by atoms with Crippen LogP contribution in [0.3, 0.4) is 0 Å². The molecule has 1 aromatic rings. The number of nitrogens with one attached hydrogen (secondary N) is 1. The minimum Gasteiger partial charge on any atom is -0.385 e. The number of anilines is 1. The van der Waals surface area contributed by atoms with Crippen molar-refractivity contribution in [2.45, 2.75) is 26.2 Å². The summed E-state index contributed by atoms with van der Waals surface area (Å²) in [5.74, 6) is 0.815. The summed E-state index contributed by atoms with van der Waals surface area (Å²) in [6.45, 7) is 3.24. The summed E-state index contributed by atoms with van der Waals surface area (Å²) >= 11 is 0. The van der Waals surface area contributed by atoms with Gasteiger partial charge in [-0.15, -0.1) is 0 Å². The van der Waals surface area contributed by atoms with Crippen molar-refractivity contribution in [2.75, 3.05) is 11.9 Å². The Hall–Kier alpha value is -1.24. The molecule has 0 radical (unpaired) electrons. The third-order valence-electron chi connectivity index (χ3n) is 2.99. The zero-order valence-electron chi connectivity index (χ0n) is 9.37. The van der Waals surface area contributed by atoms with Crippen LogP contribution >= 0.6 is 0 Å². The molecule has 1 aliphatic rings. The van der Waals surface area contributed by atoms with Crippen molar-refractivity contribution in [3.63, 3.8) is 0 Å². The Bertz CT molecular complexity index is 341. The molecule has 2 rings (SSSR count). The average molecular weight is 201 g/mol. The predicted octanol–water partition coefficient (Wildman–Crippen LogP) is 3.76. The van der Waals surface area contributed by atoms with Crippen LogP contribution in [0.5, 0.6) is 0 Å². The van der Waals surface area contributed by atoms with Crippen molar-refractivity contribution < 1.29 is 0 Å². The van der Waals surface area contributed by atoms with Crippen LogP contribution in [0.15, 0.2) is 36.4 Å². The van der Waals surface area contributed by atoms with Gasteiger partial charge in [0.15, 0.2) is 0 Å². The first kappa shape index (κ1) is 10.3. The second-order valence-corrected chi connectivity index (χ2v) is 4.40. The van der Waals surface area contributed by atoms with Crippen LogP contribution in [0.25, 0.3) is 0 Å². The van der Waals surface area contributed by atoms with Crippen LogP contribution in [0.1, 0.15) is 24.8 Å². The smallest absolute Gasteiger partial charge is 0.0342 e. The van der Waals surface area contributed by atoms with Crippen molar-refractivity contribution >= 4 is 5.69 Å². The van der Waals surface area contributed by atoms with Gasteiger partial charge in [0.05, 0.1) is 0 Å². The fourth-order valence-electron chi connectivity index (χ4n) is 2.06. The van der Waals surface area contributed by atoms with E-state index in [9.17, 15) is 0 Å². The molecule has 1 atom stereocenters. The zero-order chi connectivity index (χ0) is 10.5. The maximum absolute atomic E-state index is 3.52. The van der Waals surface area contributed by atoms with E-state index in [0.29, 0.717) is 0 Å². The maximum Gasteiger partial charge on any atom is 0.0342 e. The second-order valence-electron chi connectivity index (χ2n) is 4.40. The Morgan fingerprint density at radius 2 is 2.27 bits per heavy atom. The van der Waals surface area contributed by atoms with Gasteiger partial charge in [0, 0.05) is 12.2 Å². The summed E-state index contributed by atoms with van der Waals surface area (Å²) in [7, 11) is 0. The Morgan fingerprint density at radius 1 is 1.33 bits per heavy atom. The summed E-state index contributed by atoms with van der Waals surface area (Å²) in [4.78, 5) is 0. The Morgan fingerprint density at radius 3 is 3.00 bits per heavy atom. The fraction of sp³-hybridized carbons (Fsp3) is 0.429. The molecular weight excluding hydrogens is 182 g/mol. The van der Waals surface area contributed by atoms with Crippen LogP contribution in [0.4, 0.5) is 5.69 Å². The van der Waals surface area contributed by atoms with E-state index in [1.807, 2.05) is 0 Å². The van der Waals surface area contributed by atoms with E-state index in [0.717, 1.165) is 12.5 Å². The van der Waals surface area contributed by atoms with Gasteiger partial charge in [-0.05, 0) is 49.8 Å². The van der Waals surface area contributed by atoms with Crippen molar-refractivity contribution in [1.82, 2.24) is 0 Å². The highest BCUT2D eigenvalue weighted by Crippen LogP contribution is 2.19. The Labute approximate surface area is 92.2 Å². The van der Waals surface area contributed by atoms with E-state index in [1.165, 1.54) is 30.5 Å². The van der Waals surface area contributed by atoms with Crippen molar-refractivity contribution in [1.29, 1.82) is 0 Å². The monoisotopic (exact) mass is 201 g/mol. The van der Waals surface area contributed by atoms with Gasteiger partial charge in [-0.3, -0.25) is 0 Å². The summed E-state index contributed by atoms with van der Waals surface area (Å²) in [6.07, 6.45) is 8.42. The van der Waals surface area contributed by atoms with E-state index in [2.05, 4.69) is 48.7 Å². The van der Waals surface area contributed by atoms with Crippen LogP contribution in [0, 0.1) is 12.8 Å². The number of rotatable bonds is 3. The highest BCUT2D eigenvalue weighted by molar-refractivity contribution is 5.45. The minimum atomic E-state index is 0.815. The molecule has 0 spiro atoms. The lowest BCUT2D eigenvalue weighted by molar-refractivity contribution is 0.504. The number of hydrogen-bond donors (Lipinski definition) is 1. The molecule has 15 heavy (non-hydrogen) atoms. The standard InChI is InChI=1S/C14H19N/c1-12-6-5-9-14(10-12)15-11-13-7-3-2-4-8-13/h2-3,5-6,9-10,13,15H,4,7-8,11H2,1H3/t13-/m1/s1. The molecule has 0 aliphatic heterocycles. The molecule has 0 unspecified atom stereocenters. The fourth-order valence-corrected chi connectivity index (χ4v) is 2.06. The summed E-state index contributed by atoms with van der Waals surface area (Å²) in [5, 5.41) is 3.52. The number of aryl methyl sites for hydroxylation is 1. The van der Waals surface area contributed by atoms with Crippen molar-refractivity contribution in [2.24, 2.45) is 5.92 Å². The van der Waals surface area contributed by atoms with Gasteiger partial charge in [0.1, 0.15) is 0 Å². The number of benzene rings is 1. The molecule has 0 aromatic heterocycles. The van der Waals surface area contributed by atoms with Gasteiger partial charge >= 0.3 is 0 Å². The van der Waals surface area contributed by atoms with Crippen LogP contribution in [-0.4, -0.2) is 6.54 Å². The molecular formula is C14H19N. The molecule has 0 amide bonds.